The van der Waals surface area contributed by atoms with Gasteiger partial charge < -0.3 is 19.9 Å². The standard InChI is InChI=1S/C14H19NO3S/c15-12(8-19-11-3-5-16-6-4-11)10-1-2-13-14(7-10)18-9-17-13/h1-2,7,11-12H,3-6,8-9,15H2. The van der Waals surface area contributed by atoms with Crippen molar-refractivity contribution in [2.24, 2.45) is 5.73 Å². The molecule has 1 atom stereocenters. The third kappa shape index (κ3) is 3.16. The van der Waals surface area contributed by atoms with Crippen molar-refractivity contribution in [1.82, 2.24) is 0 Å². The molecule has 104 valence electrons. The molecule has 2 heterocycles. The summed E-state index contributed by atoms with van der Waals surface area (Å²) in [5.74, 6) is 2.56. The number of rotatable bonds is 4. The van der Waals surface area contributed by atoms with Crippen LogP contribution in [0.5, 0.6) is 11.5 Å². The molecule has 0 amide bonds. The second-order valence-corrected chi connectivity index (χ2v) is 6.20. The zero-order chi connectivity index (χ0) is 13.1. The maximum absolute atomic E-state index is 6.26. The van der Waals surface area contributed by atoms with Gasteiger partial charge in [-0.15, -0.1) is 0 Å². The van der Waals surface area contributed by atoms with Crippen LogP contribution in [0.1, 0.15) is 24.4 Å². The fourth-order valence-corrected chi connectivity index (χ4v) is 3.52. The van der Waals surface area contributed by atoms with Crippen molar-refractivity contribution in [2.75, 3.05) is 25.8 Å². The van der Waals surface area contributed by atoms with Crippen LogP contribution in [-0.2, 0) is 4.74 Å². The van der Waals surface area contributed by atoms with Crippen LogP contribution in [0.4, 0.5) is 0 Å². The molecule has 1 saturated heterocycles. The average Bonchev–Trinajstić information content (AvgIpc) is 2.93. The number of hydrogen-bond acceptors (Lipinski definition) is 5. The predicted octanol–water partition coefficient (Wildman–Crippen LogP) is 2.33. The second-order valence-electron chi connectivity index (χ2n) is 4.86. The molecule has 3 rings (SSSR count). The van der Waals surface area contributed by atoms with Crippen LogP contribution in [0.25, 0.3) is 0 Å². The molecule has 0 aromatic heterocycles. The molecule has 1 unspecified atom stereocenters. The van der Waals surface area contributed by atoms with Crippen molar-refractivity contribution in [3.63, 3.8) is 0 Å². The van der Waals surface area contributed by atoms with E-state index in [1.165, 1.54) is 0 Å². The van der Waals surface area contributed by atoms with Crippen LogP contribution in [0.15, 0.2) is 18.2 Å². The minimum absolute atomic E-state index is 0.0438. The minimum Gasteiger partial charge on any atom is -0.454 e. The molecular formula is C14H19NO3S. The first-order valence-corrected chi connectivity index (χ1v) is 7.72. The van der Waals surface area contributed by atoms with Gasteiger partial charge in [-0.1, -0.05) is 6.07 Å². The molecule has 0 aliphatic carbocycles. The summed E-state index contributed by atoms with van der Waals surface area (Å²) in [5.41, 5.74) is 7.37. The lowest BCUT2D eigenvalue weighted by atomic mass is 10.1. The SMILES string of the molecule is NC(CSC1CCOCC1)c1ccc2c(c1)OCO2. The van der Waals surface area contributed by atoms with E-state index in [9.17, 15) is 0 Å². The lowest BCUT2D eigenvalue weighted by molar-refractivity contribution is 0.1000. The van der Waals surface area contributed by atoms with E-state index in [1.807, 2.05) is 30.0 Å². The van der Waals surface area contributed by atoms with Crippen LogP contribution >= 0.6 is 11.8 Å². The zero-order valence-corrected chi connectivity index (χ0v) is 11.7. The zero-order valence-electron chi connectivity index (χ0n) is 10.8. The van der Waals surface area contributed by atoms with Crippen molar-refractivity contribution in [2.45, 2.75) is 24.1 Å². The number of hydrogen-bond donors (Lipinski definition) is 1. The minimum atomic E-state index is 0.0438. The first kappa shape index (κ1) is 13.1. The molecule has 2 N–H and O–H groups in total. The molecule has 0 spiro atoms. The summed E-state index contributed by atoms with van der Waals surface area (Å²) in [4.78, 5) is 0. The van der Waals surface area contributed by atoms with Gasteiger partial charge >= 0.3 is 0 Å². The summed E-state index contributed by atoms with van der Waals surface area (Å²) in [6.45, 7) is 2.08. The molecule has 1 aromatic rings. The molecular weight excluding hydrogens is 262 g/mol. The Morgan fingerprint density at radius 1 is 1.21 bits per heavy atom. The number of thioether (sulfide) groups is 1. The Morgan fingerprint density at radius 3 is 2.84 bits per heavy atom. The normalized spacial score (nSPS) is 20.5. The quantitative estimate of drug-likeness (QED) is 0.918. The number of nitrogens with two attached hydrogens (primary N) is 1. The predicted molar refractivity (Wildman–Crippen MR) is 75.8 cm³/mol. The van der Waals surface area contributed by atoms with Crippen molar-refractivity contribution < 1.29 is 14.2 Å². The van der Waals surface area contributed by atoms with Crippen LogP contribution in [0.2, 0.25) is 0 Å². The van der Waals surface area contributed by atoms with E-state index in [2.05, 4.69) is 0 Å². The monoisotopic (exact) mass is 281 g/mol. The molecule has 0 bridgehead atoms. The molecule has 2 aliphatic rings. The van der Waals surface area contributed by atoms with Gasteiger partial charge in [0.05, 0.1) is 0 Å². The smallest absolute Gasteiger partial charge is 0.231 e. The summed E-state index contributed by atoms with van der Waals surface area (Å²) < 4.78 is 16.1. The highest BCUT2D eigenvalue weighted by Crippen LogP contribution is 2.35. The number of fused-ring (bicyclic) bond motifs is 1. The van der Waals surface area contributed by atoms with Crippen molar-refractivity contribution in [3.8, 4) is 11.5 Å². The van der Waals surface area contributed by atoms with Gasteiger partial charge in [0.1, 0.15) is 0 Å². The van der Waals surface area contributed by atoms with Crippen LogP contribution in [0.3, 0.4) is 0 Å². The van der Waals surface area contributed by atoms with E-state index in [4.69, 9.17) is 19.9 Å². The molecule has 19 heavy (non-hydrogen) atoms. The Kier molecular flexibility index (Phi) is 4.15. The topological polar surface area (TPSA) is 53.7 Å². The maximum atomic E-state index is 6.26. The lowest BCUT2D eigenvalue weighted by Gasteiger charge is -2.23. The van der Waals surface area contributed by atoms with E-state index >= 15 is 0 Å². The average molecular weight is 281 g/mol. The van der Waals surface area contributed by atoms with Crippen LogP contribution < -0.4 is 15.2 Å². The summed E-state index contributed by atoms with van der Waals surface area (Å²) in [6, 6.07) is 6.01. The first-order chi connectivity index (χ1) is 9.33. The van der Waals surface area contributed by atoms with Gasteiger partial charge in [-0.05, 0) is 30.5 Å². The second kappa shape index (κ2) is 6.03. The van der Waals surface area contributed by atoms with E-state index in [0.29, 0.717) is 12.0 Å². The Morgan fingerprint density at radius 2 is 2.00 bits per heavy atom. The third-order valence-corrected chi connectivity index (χ3v) is 5.00. The van der Waals surface area contributed by atoms with Crippen LogP contribution in [-0.4, -0.2) is 31.0 Å². The Bertz CT molecular complexity index is 435. The van der Waals surface area contributed by atoms with E-state index in [1.54, 1.807) is 0 Å². The van der Waals surface area contributed by atoms with Gasteiger partial charge in [-0.25, -0.2) is 0 Å². The molecule has 0 radical (unpaired) electrons. The highest BCUT2D eigenvalue weighted by molar-refractivity contribution is 7.99. The summed E-state index contributed by atoms with van der Waals surface area (Å²) in [5, 5.41) is 0.689. The fraction of sp³-hybridized carbons (Fsp3) is 0.571. The highest BCUT2D eigenvalue weighted by atomic mass is 32.2. The third-order valence-electron chi connectivity index (χ3n) is 3.50. The van der Waals surface area contributed by atoms with Crippen molar-refractivity contribution in [3.05, 3.63) is 23.8 Å². The van der Waals surface area contributed by atoms with Gasteiger partial charge in [-0.2, -0.15) is 11.8 Å². The van der Waals surface area contributed by atoms with Crippen molar-refractivity contribution in [1.29, 1.82) is 0 Å². The molecule has 1 aromatic carbocycles. The summed E-state index contributed by atoms with van der Waals surface area (Å²) >= 11 is 1.96. The summed E-state index contributed by atoms with van der Waals surface area (Å²) in [6.07, 6.45) is 2.27. The Labute approximate surface area is 117 Å². The maximum Gasteiger partial charge on any atom is 0.231 e. The molecule has 2 aliphatic heterocycles. The van der Waals surface area contributed by atoms with E-state index < -0.39 is 0 Å². The van der Waals surface area contributed by atoms with Gasteiger partial charge in [0, 0.05) is 30.3 Å². The van der Waals surface area contributed by atoms with Gasteiger partial charge in [0.15, 0.2) is 11.5 Å². The Balaban J connectivity index is 1.56. The molecule has 0 saturated carbocycles. The highest BCUT2D eigenvalue weighted by Gasteiger charge is 2.18. The van der Waals surface area contributed by atoms with Gasteiger partial charge in [0.2, 0.25) is 6.79 Å². The molecule has 1 fully saturated rings. The largest absolute Gasteiger partial charge is 0.454 e. The summed E-state index contributed by atoms with van der Waals surface area (Å²) in [7, 11) is 0. The fourth-order valence-electron chi connectivity index (χ4n) is 2.32. The van der Waals surface area contributed by atoms with Gasteiger partial charge in [-0.3, -0.25) is 0 Å². The Hall–Kier alpha value is -0.910. The molecule has 5 heteroatoms. The number of benzene rings is 1. The van der Waals surface area contributed by atoms with Gasteiger partial charge in [0.25, 0.3) is 0 Å². The van der Waals surface area contributed by atoms with E-state index in [-0.39, 0.29) is 6.04 Å². The van der Waals surface area contributed by atoms with E-state index in [0.717, 1.165) is 48.9 Å². The lowest BCUT2D eigenvalue weighted by Crippen LogP contribution is -2.21. The van der Waals surface area contributed by atoms with Crippen molar-refractivity contribution >= 4 is 11.8 Å². The first-order valence-electron chi connectivity index (χ1n) is 6.67. The molecule has 4 nitrogen and oxygen atoms in total. The number of ether oxygens (including phenoxy) is 3. The van der Waals surface area contributed by atoms with Crippen LogP contribution in [0, 0.1) is 0 Å².